The van der Waals surface area contributed by atoms with Gasteiger partial charge in [0.1, 0.15) is 11.9 Å². The molecule has 6 saturated carbocycles. The Morgan fingerprint density at radius 1 is 0.808 bits per heavy atom. The van der Waals surface area contributed by atoms with E-state index in [0.29, 0.717) is 48.7 Å². The number of benzene rings is 1. The molecular formula is C70H100N2O6. The number of ketones is 2. The molecule has 8 heteroatoms. The molecule has 5 heterocycles. The quantitative estimate of drug-likeness (QED) is 0.123. The minimum absolute atomic E-state index is 0.0990. The second kappa shape index (κ2) is 19.5. The highest BCUT2D eigenvalue weighted by molar-refractivity contribution is 6.03. The van der Waals surface area contributed by atoms with Gasteiger partial charge in [0.25, 0.3) is 0 Å². The SMILES string of the molecule is CCCCC[C@H]1C(=O)C2=C3[C@H](Cn4cc(Cc5cc(C6CCCCC6)cc(C6CCOCC6)c5)c5[nH]cc(c54)CC[C@@]2(C)C[C@@H](O)[C@H]2OC2(C)C)[C@@H](O)[C@@H]2[C@@]4(C)[C@@H](CC[C@]2(C)[C@]31C)[C@](C)(C1CCCC1)C(=O)CC41CCCC1. The fraction of sp³-hybridized carbons (Fsp3) is 0.771. The largest absolute Gasteiger partial charge is 0.392 e. The van der Waals surface area contributed by atoms with Crippen molar-refractivity contribution in [1.82, 2.24) is 9.55 Å². The summed E-state index contributed by atoms with van der Waals surface area (Å²) in [5.41, 5.74) is 8.73. The van der Waals surface area contributed by atoms with E-state index in [1.807, 2.05) is 0 Å². The zero-order valence-electron chi connectivity index (χ0n) is 49.6. The molecular weight excluding hydrogens is 965 g/mol. The number of allylic oxidation sites excluding steroid dienone is 1. The van der Waals surface area contributed by atoms with Crippen LogP contribution >= 0.6 is 0 Å². The van der Waals surface area contributed by atoms with Crippen LogP contribution in [-0.4, -0.2) is 68.5 Å². The molecule has 8 nitrogen and oxygen atoms in total. The lowest BCUT2D eigenvalue weighted by Gasteiger charge is -2.75. The van der Waals surface area contributed by atoms with E-state index < -0.39 is 39.5 Å². The van der Waals surface area contributed by atoms with Crippen LogP contribution in [0, 0.1) is 62.1 Å². The number of rotatable bonds is 12. The third-order valence-electron chi connectivity index (χ3n) is 26.3. The molecule has 2 saturated heterocycles. The van der Waals surface area contributed by atoms with Crippen molar-refractivity contribution in [2.75, 3.05) is 13.2 Å². The fourth-order valence-electron chi connectivity index (χ4n) is 22.1. The molecule has 8 fully saturated rings. The monoisotopic (exact) mass is 1060 g/mol. The van der Waals surface area contributed by atoms with Crippen LogP contribution < -0.4 is 0 Å². The highest BCUT2D eigenvalue weighted by Gasteiger charge is 2.79. The van der Waals surface area contributed by atoms with Crippen molar-refractivity contribution in [3.8, 4) is 0 Å². The Bertz CT molecular complexity index is 2790. The van der Waals surface area contributed by atoms with Crippen LogP contribution in [0.15, 0.2) is 41.7 Å². The van der Waals surface area contributed by atoms with Crippen LogP contribution in [-0.2, 0) is 38.4 Å². The smallest absolute Gasteiger partial charge is 0.163 e. The third kappa shape index (κ3) is 7.95. The van der Waals surface area contributed by atoms with Gasteiger partial charge in [-0.05, 0) is 188 Å². The molecule has 12 atom stereocenters. The van der Waals surface area contributed by atoms with Crippen molar-refractivity contribution >= 4 is 22.6 Å². The Labute approximate surface area is 468 Å². The number of aliphatic hydroxyl groups is 2. The molecule has 1 spiro atoms. The van der Waals surface area contributed by atoms with Gasteiger partial charge in [0.2, 0.25) is 0 Å². The lowest BCUT2D eigenvalue weighted by molar-refractivity contribution is -0.270. The Morgan fingerprint density at radius 2 is 1.49 bits per heavy atom. The first-order valence-corrected chi connectivity index (χ1v) is 32.6. The number of carbonyl (C=O) groups excluding carboxylic acids is 2. The number of aliphatic hydroxyl groups excluding tert-OH is 2. The number of fused-ring (bicyclic) bond motifs is 5. The number of Topliss-reactive ketones (excluding diaryl/α,β-unsaturated/α-hetero) is 2. The number of aryl methyl sites for hydroxylation is 1. The first-order chi connectivity index (χ1) is 37.3. The zero-order valence-corrected chi connectivity index (χ0v) is 49.6. The molecule has 7 aliphatic carbocycles. The van der Waals surface area contributed by atoms with Crippen molar-refractivity contribution < 1.29 is 29.3 Å². The molecule has 3 aromatic rings. The van der Waals surface area contributed by atoms with Crippen LogP contribution in [0.25, 0.3) is 11.0 Å². The Hall–Kier alpha value is -3.04. The molecule has 10 aliphatic rings. The van der Waals surface area contributed by atoms with Gasteiger partial charge < -0.3 is 29.2 Å². The highest BCUT2D eigenvalue weighted by Crippen LogP contribution is 2.82. The van der Waals surface area contributed by atoms with E-state index in [1.165, 1.54) is 89.4 Å². The minimum atomic E-state index is -0.726. The third-order valence-corrected chi connectivity index (χ3v) is 26.3. The maximum absolute atomic E-state index is 16.7. The molecule has 13 rings (SSSR count). The average molecular weight is 1070 g/mol. The summed E-state index contributed by atoms with van der Waals surface area (Å²) in [4.78, 5) is 36.0. The second-order valence-electron chi connectivity index (χ2n) is 30.3. The van der Waals surface area contributed by atoms with Crippen LogP contribution in [0.3, 0.4) is 0 Å². The van der Waals surface area contributed by atoms with Gasteiger partial charge >= 0.3 is 0 Å². The first-order valence-electron chi connectivity index (χ1n) is 32.6. The topological polar surface area (TPSA) is 117 Å². The Kier molecular flexibility index (Phi) is 13.6. The number of nitrogens with one attached hydrogen (secondary N) is 1. The Morgan fingerprint density at radius 3 is 2.17 bits per heavy atom. The summed E-state index contributed by atoms with van der Waals surface area (Å²) in [5, 5.41) is 27.1. The van der Waals surface area contributed by atoms with Crippen molar-refractivity contribution in [2.24, 2.45) is 62.1 Å². The number of ether oxygens (including phenoxy) is 2. The number of hydrogen-bond acceptors (Lipinski definition) is 6. The van der Waals surface area contributed by atoms with Crippen molar-refractivity contribution in [3.63, 3.8) is 0 Å². The van der Waals surface area contributed by atoms with Gasteiger partial charge in [0.15, 0.2) is 5.78 Å². The number of nitrogens with zero attached hydrogens (tertiary/aromatic N) is 1. The van der Waals surface area contributed by atoms with Gasteiger partial charge in [-0.15, -0.1) is 0 Å². The lowest BCUT2D eigenvalue weighted by atomic mass is 9.28. The Balaban J connectivity index is 1.00. The summed E-state index contributed by atoms with van der Waals surface area (Å²) in [6, 6.07) is 7.67. The van der Waals surface area contributed by atoms with E-state index in [4.69, 9.17) is 9.47 Å². The summed E-state index contributed by atoms with van der Waals surface area (Å²) in [6.45, 7) is 21.2. The van der Waals surface area contributed by atoms with Crippen LogP contribution in [0.2, 0.25) is 0 Å². The number of hydrogen-bond donors (Lipinski definition) is 3. The number of epoxide rings is 1. The normalized spacial score (nSPS) is 39.2. The maximum atomic E-state index is 16.7. The zero-order chi connectivity index (χ0) is 54.4. The second-order valence-corrected chi connectivity index (χ2v) is 30.3. The summed E-state index contributed by atoms with van der Waals surface area (Å²) < 4.78 is 14.7. The van der Waals surface area contributed by atoms with Gasteiger partial charge in [-0.25, -0.2) is 0 Å². The number of carbonyl (C=O) groups is 2. The molecule has 0 radical (unpaired) electrons. The van der Waals surface area contributed by atoms with Gasteiger partial charge in [0.05, 0.1) is 28.8 Å². The van der Waals surface area contributed by atoms with Crippen LogP contribution in [0.1, 0.15) is 249 Å². The standard InChI is InChI=1S/C70H100N2O6/c1-9-10-12-23-52-61(76)57-56-51(60(75)62-66(5,68(52,56)7)31-25-54-67(6,50-21-15-16-22-50)55(74)39-70(69(54,62)8)28-17-18-29-70)42-72-41-49(58-59(72)46(40-71-58)24-30-65(57,4)38-53(73)63-64(2,3)78-63)36-43-34-47(44-19-13-11-14-20-44)37-48(35-43)45-26-32-77-33-27-45/h34-35,37,40-41,44-45,50-54,60,62-63,71,73,75H,9-33,36,38-39,42H2,1-8H3/t51-,52-,53+,54-,60+,62-,63+,65-,66-,67-,68-,69+/m0/s1. The summed E-state index contributed by atoms with van der Waals surface area (Å²) in [7, 11) is 0. The minimum Gasteiger partial charge on any atom is -0.392 e. The average Bonchev–Trinajstić information content (AvgIpc) is 3.10. The van der Waals surface area contributed by atoms with Crippen molar-refractivity contribution in [2.45, 2.75) is 265 Å². The van der Waals surface area contributed by atoms with E-state index in [9.17, 15) is 10.2 Å². The summed E-state index contributed by atoms with van der Waals surface area (Å²) in [6.07, 6.45) is 30.1. The molecule has 78 heavy (non-hydrogen) atoms. The number of unbranched alkanes of at least 4 members (excludes halogenated alkanes) is 2. The van der Waals surface area contributed by atoms with Gasteiger partial charge in [0, 0.05) is 73.2 Å². The number of aromatic nitrogens is 2. The van der Waals surface area contributed by atoms with E-state index in [0.717, 1.165) is 128 Å². The number of H-pyrrole nitrogens is 1. The molecule has 0 amide bonds. The predicted molar refractivity (Wildman–Crippen MR) is 310 cm³/mol. The van der Waals surface area contributed by atoms with Gasteiger partial charge in [-0.2, -0.15) is 0 Å². The van der Waals surface area contributed by atoms with Crippen molar-refractivity contribution in [1.29, 1.82) is 0 Å². The van der Waals surface area contributed by atoms with E-state index in [-0.39, 0.29) is 40.6 Å². The van der Waals surface area contributed by atoms with Crippen LogP contribution in [0.5, 0.6) is 0 Å². The van der Waals surface area contributed by atoms with Gasteiger partial charge in [-0.1, -0.05) is 124 Å². The molecule has 0 bridgehead atoms. The van der Waals surface area contributed by atoms with E-state index >= 15 is 9.59 Å². The van der Waals surface area contributed by atoms with E-state index in [1.54, 1.807) is 0 Å². The molecule has 2 aromatic heterocycles. The fourth-order valence-corrected chi connectivity index (χ4v) is 22.1. The summed E-state index contributed by atoms with van der Waals surface area (Å²) >= 11 is 0. The van der Waals surface area contributed by atoms with Crippen molar-refractivity contribution in [3.05, 3.63) is 69.6 Å². The number of aromatic amines is 1. The van der Waals surface area contributed by atoms with Crippen LogP contribution in [0.4, 0.5) is 0 Å². The summed E-state index contributed by atoms with van der Waals surface area (Å²) in [5.74, 6) is 1.90. The molecule has 3 aliphatic heterocycles. The van der Waals surface area contributed by atoms with E-state index in [2.05, 4.69) is 95.5 Å². The molecule has 3 N–H and O–H groups in total. The molecule has 426 valence electrons. The van der Waals surface area contributed by atoms with Gasteiger partial charge in [-0.3, -0.25) is 9.59 Å². The first kappa shape index (κ1) is 54.2. The molecule has 0 unspecified atom stereocenters. The predicted octanol–water partition coefficient (Wildman–Crippen LogP) is 15.2. The molecule has 1 aromatic carbocycles. The maximum Gasteiger partial charge on any atom is 0.163 e. The highest BCUT2D eigenvalue weighted by atomic mass is 16.6. The lowest BCUT2D eigenvalue weighted by Crippen LogP contribution is -2.73.